The van der Waals surface area contributed by atoms with Gasteiger partial charge in [0.05, 0.1) is 0 Å². The van der Waals surface area contributed by atoms with Gasteiger partial charge in [0.25, 0.3) is 0 Å². The Balaban J connectivity index is 3.34. The molecule has 0 aliphatic carbocycles. The molecule has 0 fully saturated rings. The van der Waals surface area contributed by atoms with Crippen LogP contribution in [0.5, 0.6) is 11.5 Å². The summed E-state index contributed by atoms with van der Waals surface area (Å²) in [6.45, 7) is 0. The summed E-state index contributed by atoms with van der Waals surface area (Å²) in [6, 6.07) is 3.71. The number of methoxy groups -OCH3 is 2. The molecular weight excluding hydrogens is 299 g/mol. The minimum atomic E-state index is -1.70. The van der Waals surface area contributed by atoms with Gasteiger partial charge >= 0.3 is 97.2 Å². The Morgan fingerprint density at radius 1 is 1.13 bits per heavy atom. The summed E-state index contributed by atoms with van der Waals surface area (Å²) in [7, 11) is 3.18. The van der Waals surface area contributed by atoms with Crippen molar-refractivity contribution in [3.63, 3.8) is 0 Å². The molecule has 0 atom stereocenters. The number of benzene rings is 1. The van der Waals surface area contributed by atoms with Crippen molar-refractivity contribution in [1.29, 1.82) is 0 Å². The van der Waals surface area contributed by atoms with E-state index in [1.165, 1.54) is 3.58 Å². The van der Waals surface area contributed by atoms with Gasteiger partial charge < -0.3 is 0 Å². The summed E-state index contributed by atoms with van der Waals surface area (Å²) >= 11 is -1.70. The number of rotatable bonds is 4. The quantitative estimate of drug-likeness (QED) is 0.619. The van der Waals surface area contributed by atoms with Crippen molar-refractivity contribution >= 4 is 29.6 Å². The summed E-state index contributed by atoms with van der Waals surface area (Å²) in [4.78, 5) is 15.4. The second-order valence-electron chi connectivity index (χ2n) is 3.61. The van der Waals surface area contributed by atoms with Crippen molar-refractivity contribution in [2.45, 2.75) is 9.88 Å². The first-order chi connectivity index (χ1) is 7.13. The van der Waals surface area contributed by atoms with Crippen molar-refractivity contribution in [2.24, 2.45) is 0 Å². The van der Waals surface area contributed by atoms with Crippen LogP contribution in [0.2, 0.25) is 9.88 Å². The molecule has 0 aromatic heterocycles. The Labute approximate surface area is 97.1 Å². The standard InChI is InChI=1S/C9H9O3.2CH3.Sn.H/c1-11-8-4-3-7(6-10)5-9(8)12-2;;;;/h4-6H,1-2H3;2*1H3;;. The first-order valence-corrected chi connectivity index (χ1v) is 13.1. The maximum absolute atomic E-state index is 10.9. The molecule has 0 N–H and O–H groups in total. The minimum absolute atomic E-state index is 0.621. The van der Waals surface area contributed by atoms with Gasteiger partial charge in [0.15, 0.2) is 0 Å². The van der Waals surface area contributed by atoms with Gasteiger partial charge in [-0.3, -0.25) is 0 Å². The summed E-state index contributed by atoms with van der Waals surface area (Å²) < 4.78 is 11.6. The Kier molecular flexibility index (Phi) is 4.44. The third-order valence-corrected chi connectivity index (χ3v) is 7.32. The van der Waals surface area contributed by atoms with Crippen LogP contribution in [0.25, 0.3) is 0 Å². The summed E-state index contributed by atoms with van der Waals surface area (Å²) in [5.74, 6) is 1.33. The molecule has 3 nitrogen and oxygen atoms in total. The Morgan fingerprint density at radius 2 is 1.67 bits per heavy atom. The molecule has 1 aromatic rings. The third-order valence-electron chi connectivity index (χ3n) is 2.34. The summed E-state index contributed by atoms with van der Waals surface area (Å²) in [5, 5.41) is 0. The number of hydrogen-bond acceptors (Lipinski definition) is 3. The van der Waals surface area contributed by atoms with E-state index in [0.29, 0.717) is 11.5 Å². The van der Waals surface area contributed by atoms with Gasteiger partial charge in [-0.1, -0.05) is 0 Å². The van der Waals surface area contributed by atoms with E-state index >= 15 is 0 Å². The van der Waals surface area contributed by atoms with E-state index < -0.39 is 19.8 Å². The average molecular weight is 315 g/mol. The van der Waals surface area contributed by atoms with Crippen molar-refractivity contribution in [2.75, 3.05) is 14.2 Å². The number of carbonyl (C=O) groups excluding carboxylic acids is 1. The van der Waals surface area contributed by atoms with Crippen LogP contribution in [0.15, 0.2) is 12.1 Å². The topological polar surface area (TPSA) is 35.5 Å². The van der Waals surface area contributed by atoms with E-state index in [2.05, 4.69) is 9.88 Å². The molecule has 0 heterocycles. The van der Waals surface area contributed by atoms with Crippen LogP contribution >= 0.6 is 0 Å². The van der Waals surface area contributed by atoms with Gasteiger partial charge in [-0.25, -0.2) is 0 Å². The number of hydrogen-bond donors (Lipinski definition) is 0. The van der Waals surface area contributed by atoms with E-state index in [4.69, 9.17) is 9.47 Å². The maximum atomic E-state index is 10.9. The van der Waals surface area contributed by atoms with Crippen molar-refractivity contribution in [3.05, 3.63) is 17.7 Å². The Bertz CT molecular complexity index is 361. The van der Waals surface area contributed by atoms with Crippen LogP contribution in [0.1, 0.15) is 10.4 Å². The Hall–Kier alpha value is -0.711. The summed E-state index contributed by atoms with van der Waals surface area (Å²) in [6.07, 6.45) is 0.897. The van der Waals surface area contributed by atoms with Gasteiger partial charge in [-0.05, 0) is 0 Å². The van der Waals surface area contributed by atoms with Gasteiger partial charge in [-0.15, -0.1) is 0 Å². The fourth-order valence-electron chi connectivity index (χ4n) is 1.51. The second kappa shape index (κ2) is 5.39. The zero-order valence-corrected chi connectivity index (χ0v) is 12.8. The number of aldehydes is 1. The van der Waals surface area contributed by atoms with Crippen LogP contribution in [0.3, 0.4) is 0 Å². The molecule has 0 bridgehead atoms. The van der Waals surface area contributed by atoms with Crippen LogP contribution in [0.4, 0.5) is 0 Å². The van der Waals surface area contributed by atoms with Crippen molar-refractivity contribution in [1.82, 2.24) is 0 Å². The number of ether oxygens (including phenoxy) is 2. The van der Waals surface area contributed by atoms with E-state index in [0.717, 1.165) is 11.8 Å². The van der Waals surface area contributed by atoms with E-state index in [9.17, 15) is 4.79 Å². The van der Waals surface area contributed by atoms with Crippen LogP contribution < -0.4 is 13.1 Å². The molecule has 0 unspecified atom stereocenters. The molecule has 0 aliphatic rings. The molecule has 0 saturated carbocycles. The third kappa shape index (κ3) is 2.65. The first-order valence-electron chi connectivity index (χ1n) is 4.85. The first kappa shape index (κ1) is 12.4. The molecule has 0 spiro atoms. The normalized spacial score (nSPS) is 10.2. The monoisotopic (exact) mass is 316 g/mol. The molecule has 1 aromatic carbocycles. The molecule has 0 amide bonds. The summed E-state index contributed by atoms with van der Waals surface area (Å²) in [5.41, 5.74) is 0.749. The predicted octanol–water partition coefficient (Wildman–Crippen LogP) is 1.21. The van der Waals surface area contributed by atoms with Crippen molar-refractivity contribution in [3.8, 4) is 11.5 Å². The zero-order valence-electron chi connectivity index (χ0n) is 9.53. The van der Waals surface area contributed by atoms with E-state index in [-0.39, 0.29) is 0 Å². The van der Waals surface area contributed by atoms with Gasteiger partial charge in [0.1, 0.15) is 0 Å². The van der Waals surface area contributed by atoms with Crippen LogP contribution in [-0.2, 0) is 0 Å². The molecule has 82 valence electrons. The van der Waals surface area contributed by atoms with Crippen LogP contribution in [-0.4, -0.2) is 40.3 Å². The van der Waals surface area contributed by atoms with Gasteiger partial charge in [0.2, 0.25) is 0 Å². The fraction of sp³-hybridized carbons (Fsp3) is 0.364. The molecule has 0 aliphatic heterocycles. The molecular formula is C11H16O3Sn. The number of carbonyl (C=O) groups is 1. The fourth-order valence-corrected chi connectivity index (χ4v) is 5.23. The molecule has 4 heteroatoms. The molecule has 1 rings (SSSR count). The second-order valence-corrected chi connectivity index (χ2v) is 12.0. The van der Waals surface area contributed by atoms with Gasteiger partial charge in [-0.2, -0.15) is 0 Å². The molecule has 0 saturated heterocycles. The van der Waals surface area contributed by atoms with Crippen LogP contribution in [0, 0.1) is 0 Å². The van der Waals surface area contributed by atoms with E-state index in [1.54, 1.807) is 20.3 Å². The SMILES string of the molecule is COc1cc(C=O)[c]([SnH]([CH3])[CH3])cc1OC. The predicted molar refractivity (Wildman–Crippen MR) is 63.4 cm³/mol. The average Bonchev–Trinajstić information content (AvgIpc) is 2.26. The zero-order chi connectivity index (χ0) is 11.4. The van der Waals surface area contributed by atoms with Gasteiger partial charge in [0, 0.05) is 0 Å². The Morgan fingerprint density at radius 3 is 2.07 bits per heavy atom. The van der Waals surface area contributed by atoms with Crippen molar-refractivity contribution < 1.29 is 14.3 Å². The molecule has 0 radical (unpaired) electrons. The molecule has 15 heavy (non-hydrogen) atoms. The van der Waals surface area contributed by atoms with E-state index in [1.807, 2.05) is 6.07 Å².